The Bertz CT molecular complexity index is 598. The van der Waals surface area contributed by atoms with Crippen LogP contribution in [0.25, 0.3) is 10.9 Å². The van der Waals surface area contributed by atoms with Gasteiger partial charge in [-0.15, -0.1) is 0 Å². The molecule has 0 aliphatic rings. The molecule has 2 aromatic rings. The van der Waals surface area contributed by atoms with E-state index in [1.54, 1.807) is 32.2 Å². The van der Waals surface area contributed by atoms with Gasteiger partial charge in [-0.25, -0.2) is 9.78 Å². The molecule has 94 valence electrons. The number of pyridine rings is 1. The third kappa shape index (κ3) is 2.38. The Hall–Kier alpha value is -1.81. The van der Waals surface area contributed by atoms with Crippen LogP contribution in [-0.4, -0.2) is 24.7 Å². The number of benzene rings is 1. The molecule has 0 fully saturated rings. The summed E-state index contributed by atoms with van der Waals surface area (Å²) in [5.74, 6) is 0.215. The van der Waals surface area contributed by atoms with E-state index in [0.717, 1.165) is 5.39 Å². The normalized spacial score (nSPS) is 10.4. The molecule has 0 saturated heterocycles. The standard InChI is InChI=1S/C13H12ClNO3/c1-3-18-13(16)12-7-10(14)9-6-8(17-2)4-5-11(9)15-12/h4-7H,3H2,1-2H3. The summed E-state index contributed by atoms with van der Waals surface area (Å²) in [5.41, 5.74) is 0.839. The molecule has 0 N–H and O–H groups in total. The van der Waals surface area contributed by atoms with Gasteiger partial charge in [0.05, 0.1) is 24.3 Å². The summed E-state index contributed by atoms with van der Waals surface area (Å²) in [6.45, 7) is 2.05. The Balaban J connectivity index is 2.53. The quantitative estimate of drug-likeness (QED) is 0.800. The van der Waals surface area contributed by atoms with Crippen molar-refractivity contribution in [3.63, 3.8) is 0 Å². The van der Waals surface area contributed by atoms with Gasteiger partial charge >= 0.3 is 5.97 Å². The molecular formula is C13H12ClNO3. The van der Waals surface area contributed by atoms with Crippen LogP contribution in [0.1, 0.15) is 17.4 Å². The lowest BCUT2D eigenvalue weighted by molar-refractivity contribution is 0.0520. The third-order valence-corrected chi connectivity index (χ3v) is 2.76. The van der Waals surface area contributed by atoms with Crippen LogP contribution in [-0.2, 0) is 4.74 Å². The summed E-state index contributed by atoms with van der Waals surface area (Å²) >= 11 is 6.13. The Morgan fingerprint density at radius 2 is 2.17 bits per heavy atom. The highest BCUT2D eigenvalue weighted by Gasteiger charge is 2.12. The zero-order chi connectivity index (χ0) is 13.1. The maximum absolute atomic E-state index is 11.6. The van der Waals surface area contributed by atoms with Crippen molar-refractivity contribution in [3.05, 3.63) is 35.0 Å². The number of carbonyl (C=O) groups excluding carboxylic acids is 1. The fourth-order valence-corrected chi connectivity index (χ4v) is 1.86. The zero-order valence-electron chi connectivity index (χ0n) is 10.1. The monoisotopic (exact) mass is 265 g/mol. The fraction of sp³-hybridized carbons (Fsp3) is 0.231. The summed E-state index contributed by atoms with van der Waals surface area (Å²) in [6.07, 6.45) is 0. The van der Waals surface area contributed by atoms with Gasteiger partial charge in [0.25, 0.3) is 0 Å². The molecule has 1 aromatic heterocycles. The van der Waals surface area contributed by atoms with Gasteiger partial charge in [-0.05, 0) is 31.2 Å². The largest absolute Gasteiger partial charge is 0.497 e. The molecule has 0 bridgehead atoms. The van der Waals surface area contributed by atoms with Gasteiger partial charge in [0, 0.05) is 5.39 Å². The van der Waals surface area contributed by atoms with E-state index in [1.165, 1.54) is 6.07 Å². The van der Waals surface area contributed by atoms with Crippen molar-refractivity contribution in [2.24, 2.45) is 0 Å². The van der Waals surface area contributed by atoms with E-state index < -0.39 is 5.97 Å². The number of esters is 1. The van der Waals surface area contributed by atoms with Gasteiger partial charge in [-0.3, -0.25) is 0 Å². The van der Waals surface area contributed by atoms with E-state index in [1.807, 2.05) is 0 Å². The van der Waals surface area contributed by atoms with E-state index >= 15 is 0 Å². The fourth-order valence-electron chi connectivity index (χ4n) is 1.60. The molecule has 0 aliphatic carbocycles. The molecule has 0 unspecified atom stereocenters. The summed E-state index contributed by atoms with van der Waals surface area (Å²) in [7, 11) is 1.58. The van der Waals surface area contributed by atoms with Crippen molar-refractivity contribution in [3.8, 4) is 5.75 Å². The molecule has 18 heavy (non-hydrogen) atoms. The van der Waals surface area contributed by atoms with Crippen molar-refractivity contribution in [1.82, 2.24) is 4.98 Å². The second-order valence-corrected chi connectivity index (χ2v) is 4.00. The Morgan fingerprint density at radius 1 is 1.39 bits per heavy atom. The number of nitrogens with zero attached hydrogens (tertiary/aromatic N) is 1. The van der Waals surface area contributed by atoms with Crippen molar-refractivity contribution in [2.75, 3.05) is 13.7 Å². The first-order valence-electron chi connectivity index (χ1n) is 5.47. The van der Waals surface area contributed by atoms with Crippen molar-refractivity contribution >= 4 is 28.5 Å². The first-order valence-corrected chi connectivity index (χ1v) is 5.85. The first-order chi connectivity index (χ1) is 8.65. The zero-order valence-corrected chi connectivity index (χ0v) is 10.8. The lowest BCUT2D eigenvalue weighted by Gasteiger charge is -2.06. The maximum atomic E-state index is 11.6. The lowest BCUT2D eigenvalue weighted by atomic mass is 10.2. The molecule has 0 atom stereocenters. The third-order valence-electron chi connectivity index (χ3n) is 2.45. The highest BCUT2D eigenvalue weighted by Crippen LogP contribution is 2.27. The Morgan fingerprint density at radius 3 is 2.83 bits per heavy atom. The minimum atomic E-state index is -0.475. The number of rotatable bonds is 3. The molecule has 1 aromatic carbocycles. The van der Waals surface area contributed by atoms with E-state index in [9.17, 15) is 4.79 Å². The van der Waals surface area contributed by atoms with Crippen molar-refractivity contribution < 1.29 is 14.3 Å². The van der Waals surface area contributed by atoms with E-state index in [4.69, 9.17) is 21.1 Å². The van der Waals surface area contributed by atoms with Crippen LogP contribution in [0.2, 0.25) is 5.02 Å². The van der Waals surface area contributed by atoms with Crippen LogP contribution >= 0.6 is 11.6 Å². The molecule has 0 aliphatic heterocycles. The van der Waals surface area contributed by atoms with Gasteiger partial charge < -0.3 is 9.47 Å². The highest BCUT2D eigenvalue weighted by atomic mass is 35.5. The van der Waals surface area contributed by atoms with Crippen molar-refractivity contribution in [1.29, 1.82) is 0 Å². The number of hydrogen-bond donors (Lipinski definition) is 0. The smallest absolute Gasteiger partial charge is 0.356 e. The number of halogens is 1. The molecule has 0 spiro atoms. The molecule has 0 amide bonds. The average Bonchev–Trinajstić information content (AvgIpc) is 2.38. The minimum Gasteiger partial charge on any atom is -0.497 e. The molecule has 5 heteroatoms. The second kappa shape index (κ2) is 5.23. The van der Waals surface area contributed by atoms with Crippen LogP contribution in [0.4, 0.5) is 0 Å². The topological polar surface area (TPSA) is 48.4 Å². The number of hydrogen-bond acceptors (Lipinski definition) is 4. The van der Waals surface area contributed by atoms with Gasteiger partial charge in [0.15, 0.2) is 5.69 Å². The van der Waals surface area contributed by atoms with Gasteiger partial charge in [0.1, 0.15) is 5.75 Å². The van der Waals surface area contributed by atoms with E-state index in [0.29, 0.717) is 22.9 Å². The SMILES string of the molecule is CCOC(=O)c1cc(Cl)c2cc(OC)ccc2n1. The second-order valence-electron chi connectivity index (χ2n) is 3.59. The molecule has 4 nitrogen and oxygen atoms in total. The summed E-state index contributed by atoms with van der Waals surface area (Å²) in [4.78, 5) is 15.8. The maximum Gasteiger partial charge on any atom is 0.356 e. The summed E-state index contributed by atoms with van der Waals surface area (Å²) < 4.78 is 10.0. The Labute approximate surface area is 109 Å². The molecule has 2 rings (SSSR count). The van der Waals surface area contributed by atoms with E-state index in [-0.39, 0.29) is 5.69 Å². The number of carbonyl (C=O) groups is 1. The van der Waals surface area contributed by atoms with Gasteiger partial charge in [0.2, 0.25) is 0 Å². The minimum absolute atomic E-state index is 0.208. The van der Waals surface area contributed by atoms with Crippen LogP contribution in [0.3, 0.4) is 0 Å². The Kier molecular flexibility index (Phi) is 3.67. The molecule has 0 saturated carbocycles. The average molecular weight is 266 g/mol. The van der Waals surface area contributed by atoms with Crippen LogP contribution < -0.4 is 4.74 Å². The summed E-state index contributed by atoms with van der Waals surface area (Å²) in [6, 6.07) is 6.80. The number of ether oxygens (including phenoxy) is 2. The lowest BCUT2D eigenvalue weighted by Crippen LogP contribution is -2.07. The predicted octanol–water partition coefficient (Wildman–Crippen LogP) is 3.07. The van der Waals surface area contributed by atoms with Crippen LogP contribution in [0, 0.1) is 0 Å². The predicted molar refractivity (Wildman–Crippen MR) is 69.3 cm³/mol. The summed E-state index contributed by atoms with van der Waals surface area (Å²) in [5, 5.41) is 1.19. The van der Waals surface area contributed by atoms with Crippen LogP contribution in [0.15, 0.2) is 24.3 Å². The number of methoxy groups -OCH3 is 1. The van der Waals surface area contributed by atoms with Crippen LogP contribution in [0.5, 0.6) is 5.75 Å². The first kappa shape index (κ1) is 12.6. The van der Waals surface area contributed by atoms with Crippen molar-refractivity contribution in [2.45, 2.75) is 6.92 Å². The van der Waals surface area contributed by atoms with E-state index in [2.05, 4.69) is 4.98 Å². The van der Waals surface area contributed by atoms with Gasteiger partial charge in [-0.1, -0.05) is 11.6 Å². The highest BCUT2D eigenvalue weighted by molar-refractivity contribution is 6.35. The number of aromatic nitrogens is 1. The molecular weight excluding hydrogens is 254 g/mol. The molecule has 1 heterocycles. The molecule has 0 radical (unpaired) electrons. The van der Waals surface area contributed by atoms with Gasteiger partial charge in [-0.2, -0.15) is 0 Å². The number of fused-ring (bicyclic) bond motifs is 1.